The quantitative estimate of drug-likeness (QED) is 0.174. The number of nitrogens with zero attached hydrogens (tertiary/aromatic N) is 2. The number of H-pyrrole nitrogens is 1. The molecule has 0 saturated carbocycles. The maximum absolute atomic E-state index is 13.0. The lowest BCUT2D eigenvalue weighted by molar-refractivity contribution is 0.0519. The minimum Gasteiger partial charge on any atom is -0.493 e. The van der Waals surface area contributed by atoms with E-state index in [4.69, 9.17) is 9.47 Å². The van der Waals surface area contributed by atoms with E-state index in [1.165, 1.54) is 6.08 Å². The Morgan fingerprint density at radius 2 is 1.86 bits per heavy atom. The average Bonchev–Trinajstić information content (AvgIpc) is 3.47. The number of fused-ring (bicyclic) bond motifs is 2. The Morgan fingerprint density at radius 1 is 1.08 bits per heavy atom. The van der Waals surface area contributed by atoms with E-state index in [-0.39, 0.29) is 8.03 Å². The minimum absolute atomic E-state index is 0. The number of nitrogens with one attached hydrogen (secondary N) is 1. The highest BCUT2D eigenvalue weighted by Crippen LogP contribution is 2.35. The Morgan fingerprint density at radius 3 is 2.70 bits per heavy atom. The van der Waals surface area contributed by atoms with Gasteiger partial charge in [-0.15, -0.1) is 0 Å². The van der Waals surface area contributed by atoms with Gasteiger partial charge >= 0.3 is 5.97 Å². The van der Waals surface area contributed by atoms with Gasteiger partial charge in [-0.25, -0.2) is 9.18 Å². The predicted molar refractivity (Wildman–Crippen MR) is 146 cm³/mol. The van der Waals surface area contributed by atoms with E-state index < -0.39 is 5.97 Å². The SMILES string of the molecule is CCOC(=O)c1[nH]c2c(-c3cn(C)nc3/C=C/F)cccc2c1CCCOc1cccc2ccccc12.[HH]. The number of ether oxygens (including phenoxy) is 2. The highest BCUT2D eigenvalue weighted by molar-refractivity contribution is 6.04. The Bertz CT molecular complexity index is 1600. The van der Waals surface area contributed by atoms with E-state index in [0.717, 1.165) is 44.1 Å². The lowest BCUT2D eigenvalue weighted by Crippen LogP contribution is -2.09. The molecule has 0 aliphatic rings. The fraction of sp³-hybridized carbons (Fsp3) is 0.200. The normalized spacial score (nSPS) is 11.5. The fourth-order valence-electron chi connectivity index (χ4n) is 4.78. The van der Waals surface area contributed by atoms with Gasteiger partial charge in [0.05, 0.1) is 30.8 Å². The van der Waals surface area contributed by atoms with Crippen molar-refractivity contribution >= 4 is 33.7 Å². The van der Waals surface area contributed by atoms with Gasteiger partial charge in [0.15, 0.2) is 0 Å². The van der Waals surface area contributed by atoms with Crippen LogP contribution in [0.5, 0.6) is 5.75 Å². The molecule has 0 radical (unpaired) electrons. The molecule has 190 valence electrons. The van der Waals surface area contributed by atoms with Crippen LogP contribution in [0.15, 0.2) is 73.2 Å². The van der Waals surface area contributed by atoms with Crippen LogP contribution in [-0.4, -0.2) is 33.9 Å². The monoisotopic (exact) mass is 499 g/mol. The summed E-state index contributed by atoms with van der Waals surface area (Å²) in [6.45, 7) is 2.56. The first-order valence-corrected chi connectivity index (χ1v) is 12.3. The number of rotatable bonds is 9. The molecule has 0 fully saturated rings. The number of hydrogen-bond acceptors (Lipinski definition) is 4. The topological polar surface area (TPSA) is 69.1 Å². The van der Waals surface area contributed by atoms with Gasteiger partial charge in [-0.1, -0.05) is 54.6 Å². The number of carbonyl (C=O) groups excluding carboxylic acids is 1. The molecule has 0 spiro atoms. The average molecular weight is 500 g/mol. The standard InChI is InChI=1S/C30H28FN3O3.H2/c1-3-36-30(35)29-23(14-8-18-37-27-15-6-10-20-9-4-5-11-21(20)27)22-12-7-13-24(28(22)32-29)25-19-34(2)33-26(25)16-17-31;/h4-7,9-13,15-17,19,32H,3,8,14,18H2,1-2H3;1H/b17-16+;. The second-order valence-corrected chi connectivity index (χ2v) is 8.75. The van der Waals surface area contributed by atoms with E-state index in [2.05, 4.69) is 28.3 Å². The number of esters is 1. The molecular formula is C30H30FN3O3. The van der Waals surface area contributed by atoms with Gasteiger partial charge in [0.1, 0.15) is 11.4 Å². The van der Waals surface area contributed by atoms with Crippen LogP contribution in [0.2, 0.25) is 0 Å². The zero-order valence-electron chi connectivity index (χ0n) is 20.8. The van der Waals surface area contributed by atoms with E-state index in [1.54, 1.807) is 18.7 Å². The summed E-state index contributed by atoms with van der Waals surface area (Å²) in [5, 5.41) is 7.48. The molecular weight excluding hydrogens is 469 g/mol. The van der Waals surface area contributed by atoms with Crippen LogP contribution >= 0.6 is 0 Å². The van der Waals surface area contributed by atoms with Crippen molar-refractivity contribution in [1.82, 2.24) is 14.8 Å². The molecule has 0 aliphatic heterocycles. The fourth-order valence-corrected chi connectivity index (χ4v) is 4.78. The maximum atomic E-state index is 13.0. The molecule has 6 nitrogen and oxygen atoms in total. The second kappa shape index (κ2) is 10.7. The van der Waals surface area contributed by atoms with Gasteiger partial charge in [-0.3, -0.25) is 4.68 Å². The third-order valence-electron chi connectivity index (χ3n) is 6.37. The molecule has 3 aromatic carbocycles. The largest absolute Gasteiger partial charge is 0.493 e. The first kappa shape index (κ1) is 24.3. The van der Waals surface area contributed by atoms with Crippen molar-refractivity contribution in [3.63, 3.8) is 0 Å². The molecule has 0 unspecified atom stereocenters. The van der Waals surface area contributed by atoms with Crippen molar-refractivity contribution in [3.05, 3.63) is 90.1 Å². The van der Waals surface area contributed by atoms with Gasteiger partial charge in [-0.05, 0) is 42.9 Å². The number of hydrogen-bond donors (Lipinski definition) is 1. The number of halogens is 1. The number of para-hydroxylation sites is 1. The van der Waals surface area contributed by atoms with Crippen LogP contribution in [-0.2, 0) is 18.2 Å². The van der Waals surface area contributed by atoms with Gasteiger partial charge in [0.2, 0.25) is 0 Å². The van der Waals surface area contributed by atoms with Crippen LogP contribution in [0.25, 0.3) is 38.9 Å². The molecule has 0 saturated heterocycles. The summed E-state index contributed by atoms with van der Waals surface area (Å²) < 4.78 is 26.2. The number of benzene rings is 3. The van der Waals surface area contributed by atoms with Crippen molar-refractivity contribution in [2.75, 3.05) is 13.2 Å². The lowest BCUT2D eigenvalue weighted by atomic mass is 10.00. The van der Waals surface area contributed by atoms with Gasteiger partial charge in [-0.2, -0.15) is 5.10 Å². The van der Waals surface area contributed by atoms with Crippen LogP contribution in [0.4, 0.5) is 4.39 Å². The summed E-state index contributed by atoms with van der Waals surface area (Å²) in [6.07, 6.45) is 4.97. The Balaban J connectivity index is 0.00000336. The molecule has 1 N–H and O–H groups in total. The lowest BCUT2D eigenvalue weighted by Gasteiger charge is -2.10. The molecule has 5 aromatic rings. The van der Waals surface area contributed by atoms with E-state index in [0.29, 0.717) is 37.2 Å². The Labute approximate surface area is 215 Å². The maximum Gasteiger partial charge on any atom is 0.355 e. The number of aryl methyl sites for hydroxylation is 2. The highest BCUT2D eigenvalue weighted by atomic mass is 19.1. The second-order valence-electron chi connectivity index (χ2n) is 8.75. The molecule has 0 aliphatic carbocycles. The summed E-state index contributed by atoms with van der Waals surface area (Å²) >= 11 is 0. The van der Waals surface area contributed by atoms with Gasteiger partial charge < -0.3 is 14.5 Å². The Hall–Kier alpha value is -4.39. The van der Waals surface area contributed by atoms with E-state index >= 15 is 0 Å². The number of aromatic amines is 1. The molecule has 2 aromatic heterocycles. The number of aromatic nitrogens is 3. The van der Waals surface area contributed by atoms with Crippen LogP contribution in [0, 0.1) is 0 Å². The molecule has 0 atom stereocenters. The molecule has 7 heteroatoms. The third kappa shape index (κ3) is 4.85. The van der Waals surface area contributed by atoms with Crippen LogP contribution in [0.1, 0.15) is 36.5 Å². The molecule has 0 bridgehead atoms. The van der Waals surface area contributed by atoms with Gasteiger partial charge in [0, 0.05) is 36.6 Å². The zero-order valence-corrected chi connectivity index (χ0v) is 20.8. The number of carbonyl (C=O) groups is 1. The van der Waals surface area contributed by atoms with E-state index in [1.807, 2.05) is 48.7 Å². The summed E-state index contributed by atoms with van der Waals surface area (Å²) in [7, 11) is 1.79. The third-order valence-corrected chi connectivity index (χ3v) is 6.37. The first-order chi connectivity index (χ1) is 18.1. The minimum atomic E-state index is -0.398. The first-order valence-electron chi connectivity index (χ1n) is 12.3. The summed E-state index contributed by atoms with van der Waals surface area (Å²) in [5.74, 6) is 0.444. The van der Waals surface area contributed by atoms with E-state index in [9.17, 15) is 9.18 Å². The summed E-state index contributed by atoms with van der Waals surface area (Å²) in [4.78, 5) is 16.2. The summed E-state index contributed by atoms with van der Waals surface area (Å²) in [5.41, 5.74) is 4.21. The van der Waals surface area contributed by atoms with Crippen molar-refractivity contribution in [3.8, 4) is 16.9 Å². The molecule has 2 heterocycles. The van der Waals surface area contributed by atoms with Crippen LogP contribution < -0.4 is 4.74 Å². The molecule has 5 rings (SSSR count). The Kier molecular flexibility index (Phi) is 7.03. The van der Waals surface area contributed by atoms with Gasteiger partial charge in [0.25, 0.3) is 0 Å². The van der Waals surface area contributed by atoms with Crippen molar-refractivity contribution in [1.29, 1.82) is 0 Å². The summed E-state index contributed by atoms with van der Waals surface area (Å²) in [6, 6.07) is 20.0. The molecule has 37 heavy (non-hydrogen) atoms. The zero-order chi connectivity index (χ0) is 25.8. The van der Waals surface area contributed by atoms with Crippen LogP contribution in [0.3, 0.4) is 0 Å². The van der Waals surface area contributed by atoms with Crippen molar-refractivity contribution in [2.24, 2.45) is 7.05 Å². The highest BCUT2D eigenvalue weighted by Gasteiger charge is 2.22. The predicted octanol–water partition coefficient (Wildman–Crippen LogP) is 7.10. The van der Waals surface area contributed by atoms with Crippen molar-refractivity contribution in [2.45, 2.75) is 19.8 Å². The van der Waals surface area contributed by atoms with Crippen molar-refractivity contribution < 1.29 is 20.1 Å². The molecule has 0 amide bonds. The smallest absolute Gasteiger partial charge is 0.355 e.